The first-order chi connectivity index (χ1) is 32.8. The molecule has 4 aliphatic heterocycles. The molecule has 3 atom stereocenters. The van der Waals surface area contributed by atoms with Crippen molar-refractivity contribution in [3.63, 3.8) is 0 Å². The van der Waals surface area contributed by atoms with Crippen LogP contribution < -0.4 is 24.4 Å². The number of likely N-dealkylation sites (tertiary alicyclic amines) is 1. The molecule has 0 spiro atoms. The molecule has 0 aliphatic carbocycles. The average Bonchev–Trinajstić information content (AvgIpc) is 3.78. The molecule has 19 heteroatoms. The summed E-state index contributed by atoms with van der Waals surface area (Å²) >= 11 is 0. The van der Waals surface area contributed by atoms with Gasteiger partial charge in [-0.25, -0.2) is 17.2 Å². The second-order valence-corrected chi connectivity index (χ2v) is 20.8. The zero-order valence-electron chi connectivity index (χ0n) is 39.2. The number of ether oxygens (including phenoxy) is 3. The molecule has 9 rings (SSSR count). The molecule has 364 valence electrons. The molecule has 0 saturated carbocycles. The van der Waals surface area contributed by atoms with Crippen LogP contribution in [0.3, 0.4) is 0 Å². The molecule has 0 unspecified atom stereocenters. The largest absolute Gasteiger partial charge is 0.493 e. The summed E-state index contributed by atoms with van der Waals surface area (Å²) in [5, 5.41) is 7.89. The van der Waals surface area contributed by atoms with Crippen LogP contribution in [-0.2, 0) is 38.4 Å². The van der Waals surface area contributed by atoms with Gasteiger partial charge in [-0.2, -0.15) is 5.10 Å². The number of rotatable bonds is 14. The van der Waals surface area contributed by atoms with Crippen molar-refractivity contribution in [3.05, 3.63) is 107 Å². The van der Waals surface area contributed by atoms with E-state index < -0.39 is 50.8 Å². The lowest BCUT2D eigenvalue weighted by atomic mass is 9.77. The number of nitrogens with one attached hydrogen (secondary N) is 1. The molecule has 0 radical (unpaired) electrons. The van der Waals surface area contributed by atoms with Gasteiger partial charge in [-0.3, -0.25) is 43.9 Å². The summed E-state index contributed by atoms with van der Waals surface area (Å²) in [6.45, 7) is 5.95. The highest BCUT2D eigenvalue weighted by Crippen LogP contribution is 2.40. The number of fused-ring (bicyclic) bond motifs is 2. The number of hydrogen-bond acceptors (Lipinski definition) is 13. The summed E-state index contributed by atoms with van der Waals surface area (Å²) in [5.41, 5.74) is 2.67. The number of carbonyl (C=O) groups is 4. The molecule has 1 aromatic heterocycles. The Labute approximate surface area is 399 Å². The van der Waals surface area contributed by atoms with Crippen LogP contribution >= 0.6 is 0 Å². The number of imide groups is 2. The first-order valence-corrected chi connectivity index (χ1v) is 25.1. The van der Waals surface area contributed by atoms with Crippen molar-refractivity contribution in [2.45, 2.75) is 63.1 Å². The van der Waals surface area contributed by atoms with E-state index >= 15 is 8.78 Å². The number of methoxy groups -OCH3 is 1. The van der Waals surface area contributed by atoms with E-state index in [1.165, 1.54) is 7.11 Å². The van der Waals surface area contributed by atoms with Crippen molar-refractivity contribution in [2.24, 2.45) is 7.05 Å². The number of halogens is 2. The van der Waals surface area contributed by atoms with Crippen molar-refractivity contribution in [1.82, 2.24) is 29.8 Å². The molecule has 5 heterocycles. The van der Waals surface area contributed by atoms with Gasteiger partial charge in [0, 0.05) is 76.1 Å². The molecule has 3 saturated heterocycles. The number of aryl methyl sites for hydroxylation is 1. The predicted molar refractivity (Wildman–Crippen MR) is 253 cm³/mol. The minimum Gasteiger partial charge on any atom is -0.493 e. The number of alkyl halides is 2. The van der Waals surface area contributed by atoms with Crippen LogP contribution in [0.1, 0.15) is 76.7 Å². The zero-order valence-corrected chi connectivity index (χ0v) is 40.0. The Bertz CT molecular complexity index is 2960. The van der Waals surface area contributed by atoms with Gasteiger partial charge < -0.3 is 19.1 Å². The summed E-state index contributed by atoms with van der Waals surface area (Å²) in [5.74, 6) is -3.44. The van der Waals surface area contributed by atoms with Crippen LogP contribution in [0.5, 0.6) is 23.0 Å². The SMILES string of the molecule is CCOc1cc([C@@H](CS(C)(=O)=O)N2C(=O)c3ccc(N4CCN([C@H]5CCN(Cc6ccc(Oc7ccc8c([C@]9(C)CCC(=O)NC9=O)nn(C)c8c7)cc6)CC5(F)F)CC4)cc3C2=O)ccc1OC. The minimum atomic E-state index is -3.68. The Kier molecular flexibility index (Phi) is 12.7. The number of anilines is 1. The average molecular weight is 968 g/mol. The molecule has 1 N–H and O–H groups in total. The third-order valence-electron chi connectivity index (χ3n) is 13.8. The Morgan fingerprint density at radius 1 is 0.870 bits per heavy atom. The van der Waals surface area contributed by atoms with Crippen LogP contribution in [-0.4, -0.2) is 133 Å². The highest BCUT2D eigenvalue weighted by atomic mass is 32.2. The van der Waals surface area contributed by atoms with Crippen molar-refractivity contribution < 1.29 is 50.6 Å². The fourth-order valence-corrected chi connectivity index (χ4v) is 11.1. The second-order valence-electron chi connectivity index (χ2n) is 18.6. The van der Waals surface area contributed by atoms with Crippen molar-refractivity contribution in [3.8, 4) is 23.0 Å². The first kappa shape index (κ1) is 47.6. The Morgan fingerprint density at radius 3 is 2.28 bits per heavy atom. The number of benzene rings is 4. The van der Waals surface area contributed by atoms with E-state index in [4.69, 9.17) is 14.2 Å². The number of sulfone groups is 1. The molecular formula is C50H55F2N7O9S. The molecule has 69 heavy (non-hydrogen) atoms. The lowest BCUT2D eigenvalue weighted by molar-refractivity contribution is -0.137. The van der Waals surface area contributed by atoms with Crippen molar-refractivity contribution in [2.75, 3.05) is 69.9 Å². The van der Waals surface area contributed by atoms with Crippen LogP contribution in [0.15, 0.2) is 78.9 Å². The lowest BCUT2D eigenvalue weighted by Gasteiger charge is -2.46. The van der Waals surface area contributed by atoms with Gasteiger partial charge in [0.2, 0.25) is 11.8 Å². The van der Waals surface area contributed by atoms with E-state index in [1.807, 2.05) is 46.2 Å². The van der Waals surface area contributed by atoms with Gasteiger partial charge in [0.25, 0.3) is 17.7 Å². The summed E-state index contributed by atoms with van der Waals surface area (Å²) in [6.07, 6.45) is 1.94. The monoisotopic (exact) mass is 967 g/mol. The van der Waals surface area contributed by atoms with Gasteiger partial charge in [0.05, 0.1) is 65.9 Å². The van der Waals surface area contributed by atoms with Gasteiger partial charge in [0.1, 0.15) is 21.3 Å². The Balaban J connectivity index is 0.799. The van der Waals surface area contributed by atoms with E-state index in [0.29, 0.717) is 92.2 Å². The van der Waals surface area contributed by atoms with Crippen LogP contribution in [0.2, 0.25) is 0 Å². The van der Waals surface area contributed by atoms with Crippen LogP contribution in [0.4, 0.5) is 14.5 Å². The molecule has 0 bridgehead atoms. The third kappa shape index (κ3) is 9.38. The van der Waals surface area contributed by atoms with Crippen LogP contribution in [0, 0.1) is 0 Å². The molecule has 5 aromatic rings. The number of carbonyl (C=O) groups excluding carboxylic acids is 4. The number of nitrogens with zero attached hydrogens (tertiary/aromatic N) is 6. The van der Waals surface area contributed by atoms with Gasteiger partial charge in [-0.15, -0.1) is 0 Å². The quantitative estimate of drug-likeness (QED) is 0.131. The normalized spacial score (nSPS) is 21.6. The second kappa shape index (κ2) is 18.5. The highest BCUT2D eigenvalue weighted by Gasteiger charge is 2.48. The van der Waals surface area contributed by atoms with E-state index in [9.17, 15) is 27.6 Å². The molecule has 4 amide bonds. The zero-order chi connectivity index (χ0) is 49.0. The molecular weight excluding hydrogens is 913 g/mol. The molecule has 4 aliphatic rings. The van der Waals surface area contributed by atoms with Crippen molar-refractivity contribution in [1.29, 1.82) is 0 Å². The summed E-state index contributed by atoms with van der Waals surface area (Å²) in [4.78, 5) is 59.2. The van der Waals surface area contributed by atoms with E-state index in [-0.39, 0.29) is 42.3 Å². The third-order valence-corrected chi connectivity index (χ3v) is 14.7. The highest BCUT2D eigenvalue weighted by molar-refractivity contribution is 7.90. The maximum atomic E-state index is 16.0. The minimum absolute atomic E-state index is 0.152. The van der Waals surface area contributed by atoms with Gasteiger partial charge >= 0.3 is 0 Å². The number of hydrogen-bond donors (Lipinski definition) is 1. The van der Waals surface area contributed by atoms with Crippen LogP contribution in [0.25, 0.3) is 10.9 Å². The Hall–Kier alpha value is -6.44. The fraction of sp³-hybridized carbons (Fsp3) is 0.420. The van der Waals surface area contributed by atoms with E-state index in [2.05, 4.69) is 10.4 Å². The number of amides is 4. The Morgan fingerprint density at radius 2 is 1.59 bits per heavy atom. The topological polar surface area (TPSA) is 173 Å². The number of aromatic nitrogens is 2. The standard InChI is InChI=1S/C50H55F2N7O9S/c1-6-67-42-25-32(9-16-41(42)66-4)40(29-69(5,64)65)59-46(61)36-14-10-33(26-38(36)47(59)62)57-21-23-58(24-22-57)43-18-20-56(30-50(43,51)52)28-31-7-11-34(12-8-31)68-35-13-15-37-39(27-35)55(3)54-45(37)49(2)19-17-44(60)53-48(49)63/h7-16,25-27,40,43H,6,17-24,28-30H2,1-5H3,(H,53,60,63)/t40-,43+,49+/m1/s1. The number of piperazine rings is 1. The maximum Gasteiger partial charge on any atom is 0.275 e. The predicted octanol–water partition coefficient (Wildman–Crippen LogP) is 5.88. The maximum absolute atomic E-state index is 16.0. The van der Waals surface area contributed by atoms with Crippen molar-refractivity contribution >= 4 is 50.1 Å². The fourth-order valence-electron chi connectivity index (χ4n) is 10.2. The summed E-state index contributed by atoms with van der Waals surface area (Å²) in [6, 6.07) is 20.6. The van der Waals surface area contributed by atoms with E-state index in [1.54, 1.807) is 72.9 Å². The smallest absolute Gasteiger partial charge is 0.275 e. The molecule has 3 fully saturated rings. The summed E-state index contributed by atoms with van der Waals surface area (Å²) in [7, 11) is -0.407. The summed E-state index contributed by atoms with van der Waals surface area (Å²) < 4.78 is 76.3. The first-order valence-electron chi connectivity index (χ1n) is 23.0. The lowest BCUT2D eigenvalue weighted by Crippen LogP contribution is -2.61. The van der Waals surface area contributed by atoms with Gasteiger partial charge in [-0.05, 0) is 92.4 Å². The molecule has 16 nitrogen and oxygen atoms in total. The van der Waals surface area contributed by atoms with Gasteiger partial charge in [0.15, 0.2) is 11.5 Å². The van der Waals surface area contributed by atoms with Gasteiger partial charge in [-0.1, -0.05) is 18.2 Å². The molecule has 4 aromatic carbocycles. The van der Waals surface area contributed by atoms with E-state index in [0.717, 1.165) is 27.6 Å². The number of piperidine rings is 2.